The molecule has 0 bridgehead atoms. The summed E-state index contributed by atoms with van der Waals surface area (Å²) in [7, 11) is 0. The van der Waals surface area contributed by atoms with Gasteiger partial charge in [0.1, 0.15) is 5.01 Å². The third-order valence-corrected chi connectivity index (χ3v) is 5.36. The number of hydrogen-bond donors (Lipinski definition) is 2. The molecule has 0 spiro atoms. The van der Waals surface area contributed by atoms with Crippen LogP contribution in [0.2, 0.25) is 0 Å². The van der Waals surface area contributed by atoms with Gasteiger partial charge < -0.3 is 11.1 Å². The number of aryl methyl sites for hydroxylation is 2. The van der Waals surface area contributed by atoms with E-state index in [4.69, 9.17) is 10.7 Å². The minimum Gasteiger partial charge on any atom is -0.399 e. The average molecular weight is 373 g/mol. The normalized spacial score (nSPS) is 10.9. The molecule has 3 aromatic carbocycles. The highest BCUT2D eigenvalue weighted by atomic mass is 32.1. The summed E-state index contributed by atoms with van der Waals surface area (Å²) in [4.78, 5) is 17.1. The van der Waals surface area contributed by atoms with Gasteiger partial charge in [0.15, 0.2) is 0 Å². The molecule has 4 aromatic rings. The van der Waals surface area contributed by atoms with Crippen molar-refractivity contribution in [3.8, 4) is 10.6 Å². The Morgan fingerprint density at radius 3 is 2.48 bits per heavy atom. The third kappa shape index (κ3) is 3.68. The number of nitrogens with two attached hydrogens (primary N) is 1. The van der Waals surface area contributed by atoms with Gasteiger partial charge in [-0.2, -0.15) is 0 Å². The Kier molecular flexibility index (Phi) is 4.38. The van der Waals surface area contributed by atoms with Gasteiger partial charge in [0.05, 0.1) is 10.2 Å². The number of thiazole rings is 1. The first-order valence-corrected chi connectivity index (χ1v) is 9.46. The van der Waals surface area contributed by atoms with Crippen molar-refractivity contribution < 1.29 is 4.79 Å². The molecular formula is C22H19N3OS. The summed E-state index contributed by atoms with van der Waals surface area (Å²) in [6.07, 6.45) is 0. The van der Waals surface area contributed by atoms with E-state index in [0.717, 1.165) is 27.3 Å². The highest BCUT2D eigenvalue weighted by molar-refractivity contribution is 7.21. The third-order valence-electron chi connectivity index (χ3n) is 4.30. The standard InChI is InChI=1S/C22H19N3OS/c1-13-3-8-19-20(11-13)27-22(25-19)15-4-6-18(7-5-15)24-21(26)16-9-14(2)10-17(23)12-16/h3-12H,23H2,1-2H3,(H,24,26). The van der Waals surface area contributed by atoms with Crippen LogP contribution in [-0.2, 0) is 0 Å². The highest BCUT2D eigenvalue weighted by Crippen LogP contribution is 2.31. The highest BCUT2D eigenvalue weighted by Gasteiger charge is 2.09. The first-order valence-electron chi connectivity index (χ1n) is 8.64. The summed E-state index contributed by atoms with van der Waals surface area (Å²) in [5.74, 6) is -0.173. The second-order valence-corrected chi connectivity index (χ2v) is 7.68. The zero-order valence-corrected chi connectivity index (χ0v) is 15.9. The molecule has 0 unspecified atom stereocenters. The number of nitrogens with zero attached hydrogens (tertiary/aromatic N) is 1. The molecule has 0 atom stereocenters. The van der Waals surface area contributed by atoms with Crippen LogP contribution in [0, 0.1) is 13.8 Å². The van der Waals surface area contributed by atoms with Crippen molar-refractivity contribution in [2.75, 3.05) is 11.1 Å². The molecule has 0 aliphatic heterocycles. The van der Waals surface area contributed by atoms with Gasteiger partial charge >= 0.3 is 0 Å². The Labute approximate surface area is 161 Å². The Hall–Kier alpha value is -3.18. The zero-order valence-electron chi connectivity index (χ0n) is 15.1. The van der Waals surface area contributed by atoms with Crippen LogP contribution in [0.5, 0.6) is 0 Å². The number of hydrogen-bond acceptors (Lipinski definition) is 4. The number of nitrogens with one attached hydrogen (secondary N) is 1. The van der Waals surface area contributed by atoms with Crippen LogP contribution >= 0.6 is 11.3 Å². The van der Waals surface area contributed by atoms with E-state index in [2.05, 4.69) is 24.4 Å². The maximum atomic E-state index is 12.4. The summed E-state index contributed by atoms with van der Waals surface area (Å²) < 4.78 is 1.18. The fourth-order valence-electron chi connectivity index (χ4n) is 3.00. The van der Waals surface area contributed by atoms with E-state index < -0.39 is 0 Å². The molecule has 134 valence electrons. The van der Waals surface area contributed by atoms with Gasteiger partial charge in [-0.15, -0.1) is 11.3 Å². The van der Waals surface area contributed by atoms with Crippen LogP contribution < -0.4 is 11.1 Å². The number of benzene rings is 3. The van der Waals surface area contributed by atoms with Gasteiger partial charge in [0.25, 0.3) is 5.91 Å². The number of fused-ring (bicyclic) bond motifs is 1. The predicted molar refractivity (Wildman–Crippen MR) is 113 cm³/mol. The van der Waals surface area contributed by atoms with Crippen LogP contribution in [0.4, 0.5) is 11.4 Å². The maximum absolute atomic E-state index is 12.4. The molecule has 4 nitrogen and oxygen atoms in total. The molecule has 3 N–H and O–H groups in total. The van der Waals surface area contributed by atoms with E-state index in [-0.39, 0.29) is 5.91 Å². The Bertz CT molecular complexity index is 1130. The molecule has 0 fully saturated rings. The fourth-order valence-corrected chi connectivity index (χ4v) is 4.07. The summed E-state index contributed by atoms with van der Waals surface area (Å²) >= 11 is 1.67. The van der Waals surface area contributed by atoms with Crippen LogP contribution in [0.1, 0.15) is 21.5 Å². The van der Waals surface area contributed by atoms with E-state index in [0.29, 0.717) is 11.3 Å². The maximum Gasteiger partial charge on any atom is 0.255 e. The Morgan fingerprint density at radius 2 is 1.74 bits per heavy atom. The van der Waals surface area contributed by atoms with Gasteiger partial charge in [0, 0.05) is 22.5 Å². The lowest BCUT2D eigenvalue weighted by molar-refractivity contribution is 0.102. The van der Waals surface area contributed by atoms with Crippen molar-refractivity contribution in [1.29, 1.82) is 0 Å². The summed E-state index contributed by atoms with van der Waals surface area (Å²) in [5.41, 5.74) is 11.9. The summed E-state index contributed by atoms with van der Waals surface area (Å²) in [6.45, 7) is 4.00. The van der Waals surface area contributed by atoms with Crippen LogP contribution in [0.3, 0.4) is 0 Å². The number of anilines is 2. The molecule has 0 radical (unpaired) electrons. The quantitative estimate of drug-likeness (QED) is 0.472. The van der Waals surface area contributed by atoms with E-state index in [1.54, 1.807) is 17.4 Å². The molecule has 5 heteroatoms. The van der Waals surface area contributed by atoms with E-state index in [9.17, 15) is 4.79 Å². The number of amides is 1. The second-order valence-electron chi connectivity index (χ2n) is 6.65. The van der Waals surface area contributed by atoms with Crippen molar-refractivity contribution in [1.82, 2.24) is 4.98 Å². The Balaban J connectivity index is 1.55. The van der Waals surface area contributed by atoms with Crippen molar-refractivity contribution in [2.24, 2.45) is 0 Å². The van der Waals surface area contributed by atoms with Crippen molar-refractivity contribution in [2.45, 2.75) is 13.8 Å². The van der Waals surface area contributed by atoms with Crippen LogP contribution in [0.25, 0.3) is 20.8 Å². The Morgan fingerprint density at radius 1 is 0.963 bits per heavy atom. The number of carbonyl (C=O) groups excluding carboxylic acids is 1. The second kappa shape index (κ2) is 6.85. The van der Waals surface area contributed by atoms with Crippen LogP contribution in [0.15, 0.2) is 60.7 Å². The van der Waals surface area contributed by atoms with Gasteiger partial charge in [-0.05, 0) is 79.6 Å². The smallest absolute Gasteiger partial charge is 0.255 e. The first-order chi connectivity index (χ1) is 13.0. The molecule has 0 saturated heterocycles. The van der Waals surface area contributed by atoms with Gasteiger partial charge in [-0.3, -0.25) is 4.79 Å². The molecule has 0 aliphatic rings. The molecular weight excluding hydrogens is 354 g/mol. The van der Waals surface area contributed by atoms with Crippen LogP contribution in [-0.4, -0.2) is 10.9 Å². The summed E-state index contributed by atoms with van der Waals surface area (Å²) in [5, 5.41) is 3.89. The molecule has 27 heavy (non-hydrogen) atoms. The predicted octanol–water partition coefficient (Wildman–Crippen LogP) is 5.41. The van der Waals surface area contributed by atoms with E-state index in [1.165, 1.54) is 10.3 Å². The molecule has 1 heterocycles. The molecule has 0 aliphatic carbocycles. The molecule has 4 rings (SSSR count). The summed E-state index contributed by atoms with van der Waals surface area (Å²) in [6, 6.07) is 19.4. The number of nitrogen functional groups attached to an aromatic ring is 1. The van der Waals surface area contributed by atoms with E-state index >= 15 is 0 Å². The van der Waals surface area contributed by atoms with Gasteiger partial charge in [0.2, 0.25) is 0 Å². The van der Waals surface area contributed by atoms with Gasteiger partial charge in [-0.1, -0.05) is 6.07 Å². The fraction of sp³-hybridized carbons (Fsp3) is 0.0909. The lowest BCUT2D eigenvalue weighted by Crippen LogP contribution is -2.12. The zero-order chi connectivity index (χ0) is 19.0. The average Bonchev–Trinajstić information content (AvgIpc) is 3.04. The van der Waals surface area contributed by atoms with Crippen molar-refractivity contribution in [3.05, 3.63) is 77.4 Å². The number of rotatable bonds is 3. The lowest BCUT2D eigenvalue weighted by atomic mass is 10.1. The minimum absolute atomic E-state index is 0.173. The number of carbonyl (C=O) groups is 1. The van der Waals surface area contributed by atoms with Crippen molar-refractivity contribution in [3.63, 3.8) is 0 Å². The van der Waals surface area contributed by atoms with Gasteiger partial charge in [-0.25, -0.2) is 4.98 Å². The molecule has 0 saturated carbocycles. The molecule has 1 amide bonds. The topological polar surface area (TPSA) is 68.0 Å². The largest absolute Gasteiger partial charge is 0.399 e. The minimum atomic E-state index is -0.173. The van der Waals surface area contributed by atoms with E-state index in [1.807, 2.05) is 49.4 Å². The monoisotopic (exact) mass is 373 g/mol. The number of aromatic nitrogens is 1. The lowest BCUT2D eigenvalue weighted by Gasteiger charge is -2.07. The molecule has 1 aromatic heterocycles. The first kappa shape index (κ1) is 17.2. The SMILES string of the molecule is Cc1cc(N)cc(C(=O)Nc2ccc(-c3nc4ccc(C)cc4s3)cc2)c1. The van der Waals surface area contributed by atoms with Crippen molar-refractivity contribution >= 4 is 38.8 Å².